The van der Waals surface area contributed by atoms with E-state index in [0.29, 0.717) is 0 Å². The van der Waals surface area contributed by atoms with Crippen LogP contribution in [-0.2, 0) is 0 Å². The highest BCUT2D eigenvalue weighted by Crippen LogP contribution is 2.41. The monoisotopic (exact) mass is 564 g/mol. The molecule has 44 heavy (non-hydrogen) atoms. The van der Waals surface area contributed by atoms with E-state index in [1.807, 2.05) is 6.20 Å². The Kier molecular flexibility index (Phi) is 5.33. The van der Waals surface area contributed by atoms with E-state index in [1.165, 1.54) is 44.2 Å². The number of hydrogen-bond acceptors (Lipinski definition) is 2. The molecule has 3 heteroatoms. The maximum Gasteiger partial charge on any atom is 0.144 e. The van der Waals surface area contributed by atoms with Crippen LogP contribution >= 0.6 is 0 Å². The van der Waals surface area contributed by atoms with Crippen LogP contribution in [0.1, 0.15) is 11.1 Å². The first-order valence-electron chi connectivity index (χ1n) is 15.1. The largest absolute Gasteiger partial charge is 0.455 e. The molecule has 0 aliphatic rings. The Balaban J connectivity index is 1.30. The van der Waals surface area contributed by atoms with Crippen LogP contribution in [-0.4, -0.2) is 9.55 Å². The number of aryl methyl sites for hydroxylation is 2. The smallest absolute Gasteiger partial charge is 0.144 e. The van der Waals surface area contributed by atoms with E-state index in [0.717, 1.165) is 49.5 Å². The Morgan fingerprint density at radius 2 is 1.23 bits per heavy atom. The van der Waals surface area contributed by atoms with E-state index in [9.17, 15) is 0 Å². The summed E-state index contributed by atoms with van der Waals surface area (Å²) in [5.41, 5.74) is 12.1. The SMILES string of the molecule is Cc1cc(-c2ccccc2)cc(C)c1-n1c2ccccc2c2cnc(-c3cccc4c3oc3c5ccccc5ccc43)cc21. The number of pyridine rings is 1. The zero-order valence-corrected chi connectivity index (χ0v) is 24.5. The summed E-state index contributed by atoms with van der Waals surface area (Å²) < 4.78 is 9.10. The minimum Gasteiger partial charge on any atom is -0.455 e. The molecule has 0 atom stereocenters. The second-order valence-corrected chi connectivity index (χ2v) is 11.7. The third-order valence-corrected chi connectivity index (χ3v) is 9.04. The lowest BCUT2D eigenvalue weighted by Gasteiger charge is -2.17. The molecule has 3 heterocycles. The number of hydrogen-bond donors (Lipinski definition) is 0. The molecule has 0 spiro atoms. The Bertz CT molecular complexity index is 2550. The molecule has 9 aromatic rings. The van der Waals surface area contributed by atoms with Gasteiger partial charge in [0.05, 0.1) is 22.4 Å². The van der Waals surface area contributed by atoms with Gasteiger partial charge < -0.3 is 8.98 Å². The van der Waals surface area contributed by atoms with Crippen LogP contribution in [0.4, 0.5) is 0 Å². The van der Waals surface area contributed by atoms with Gasteiger partial charge in [0.1, 0.15) is 11.2 Å². The van der Waals surface area contributed by atoms with Gasteiger partial charge in [0, 0.05) is 38.7 Å². The first kappa shape index (κ1) is 24.9. The maximum absolute atomic E-state index is 6.68. The highest BCUT2D eigenvalue weighted by molar-refractivity contribution is 6.17. The van der Waals surface area contributed by atoms with Crippen LogP contribution < -0.4 is 0 Å². The van der Waals surface area contributed by atoms with Crippen LogP contribution in [0.5, 0.6) is 0 Å². The van der Waals surface area contributed by atoms with E-state index >= 15 is 0 Å². The van der Waals surface area contributed by atoms with Crippen molar-refractivity contribution in [1.82, 2.24) is 9.55 Å². The van der Waals surface area contributed by atoms with Crippen LogP contribution in [0.15, 0.2) is 138 Å². The highest BCUT2D eigenvalue weighted by atomic mass is 16.3. The molecule has 0 unspecified atom stereocenters. The number of para-hydroxylation sites is 2. The van der Waals surface area contributed by atoms with Crippen molar-refractivity contribution in [2.75, 3.05) is 0 Å². The summed E-state index contributed by atoms with van der Waals surface area (Å²) in [6, 6.07) is 45.2. The number of fused-ring (bicyclic) bond motifs is 8. The first-order chi connectivity index (χ1) is 21.7. The van der Waals surface area contributed by atoms with E-state index in [4.69, 9.17) is 9.40 Å². The highest BCUT2D eigenvalue weighted by Gasteiger charge is 2.20. The quantitative estimate of drug-likeness (QED) is 0.214. The number of nitrogens with zero attached hydrogens (tertiary/aromatic N) is 2. The van der Waals surface area contributed by atoms with Crippen LogP contribution in [0.2, 0.25) is 0 Å². The molecule has 6 aromatic carbocycles. The lowest BCUT2D eigenvalue weighted by Crippen LogP contribution is -2.01. The fourth-order valence-corrected chi connectivity index (χ4v) is 7.09. The molecule has 0 N–H and O–H groups in total. The lowest BCUT2D eigenvalue weighted by atomic mass is 9.98. The van der Waals surface area contributed by atoms with Crippen LogP contribution in [0, 0.1) is 13.8 Å². The summed E-state index contributed by atoms with van der Waals surface area (Å²) in [5.74, 6) is 0. The van der Waals surface area contributed by atoms with Gasteiger partial charge in [-0.3, -0.25) is 4.98 Å². The summed E-state index contributed by atoms with van der Waals surface area (Å²) in [6.07, 6.45) is 2.03. The zero-order valence-electron chi connectivity index (χ0n) is 24.5. The minimum atomic E-state index is 0.868. The van der Waals surface area contributed by atoms with Gasteiger partial charge in [0.2, 0.25) is 0 Å². The fraction of sp³-hybridized carbons (Fsp3) is 0.0488. The number of benzene rings is 6. The molecule has 0 radical (unpaired) electrons. The summed E-state index contributed by atoms with van der Waals surface area (Å²) in [7, 11) is 0. The molecular weight excluding hydrogens is 536 g/mol. The Labute approximate surface area is 254 Å². The number of rotatable bonds is 3. The van der Waals surface area contributed by atoms with Crippen molar-refractivity contribution in [3.63, 3.8) is 0 Å². The Hall–Kier alpha value is -5.67. The molecule has 9 rings (SSSR count). The van der Waals surface area contributed by atoms with Crippen molar-refractivity contribution >= 4 is 54.5 Å². The van der Waals surface area contributed by atoms with Gasteiger partial charge in [-0.2, -0.15) is 0 Å². The molecule has 0 amide bonds. The van der Waals surface area contributed by atoms with Crippen LogP contribution in [0.25, 0.3) is 82.6 Å². The first-order valence-corrected chi connectivity index (χ1v) is 15.1. The van der Waals surface area contributed by atoms with Gasteiger partial charge in [-0.1, -0.05) is 91.0 Å². The third-order valence-electron chi connectivity index (χ3n) is 9.04. The average Bonchev–Trinajstić information content (AvgIpc) is 3.61. The molecular formula is C41H28N2O. The van der Waals surface area contributed by atoms with Gasteiger partial charge in [-0.15, -0.1) is 0 Å². The van der Waals surface area contributed by atoms with Crippen molar-refractivity contribution in [3.8, 4) is 28.1 Å². The van der Waals surface area contributed by atoms with Crippen LogP contribution in [0.3, 0.4) is 0 Å². The molecule has 3 nitrogen and oxygen atoms in total. The van der Waals surface area contributed by atoms with Gasteiger partial charge in [0.15, 0.2) is 0 Å². The Morgan fingerprint density at radius 1 is 0.523 bits per heavy atom. The second kappa shape index (κ2) is 9.42. The standard InChI is InChI=1S/C41H28N2O/c1-25-21-29(27-11-4-3-5-12-27)22-26(2)39(25)43-37-18-9-8-15-31(37)35-24-42-36(23-38(35)43)34-17-10-16-32-33-20-19-28-13-6-7-14-30(28)40(33)44-41(32)34/h3-24H,1-2H3. The van der Waals surface area contributed by atoms with Gasteiger partial charge in [-0.05, 0) is 77.9 Å². The normalized spacial score (nSPS) is 11.9. The molecule has 3 aromatic heterocycles. The second-order valence-electron chi connectivity index (χ2n) is 11.7. The average molecular weight is 565 g/mol. The van der Waals surface area contributed by atoms with Crippen molar-refractivity contribution in [1.29, 1.82) is 0 Å². The Morgan fingerprint density at radius 3 is 2.07 bits per heavy atom. The summed E-state index contributed by atoms with van der Waals surface area (Å²) >= 11 is 0. The van der Waals surface area contributed by atoms with Gasteiger partial charge >= 0.3 is 0 Å². The molecule has 0 saturated heterocycles. The van der Waals surface area contributed by atoms with Gasteiger partial charge in [-0.25, -0.2) is 0 Å². The third kappa shape index (κ3) is 3.59. The predicted octanol–water partition coefficient (Wildman–Crippen LogP) is 11.2. The van der Waals surface area contributed by atoms with E-state index < -0.39 is 0 Å². The van der Waals surface area contributed by atoms with Crippen molar-refractivity contribution in [3.05, 3.63) is 145 Å². The molecule has 0 fully saturated rings. The zero-order chi connectivity index (χ0) is 29.4. The molecule has 0 aliphatic carbocycles. The summed E-state index contributed by atoms with van der Waals surface area (Å²) in [5, 5.41) is 6.86. The molecule has 0 bridgehead atoms. The van der Waals surface area contributed by atoms with Crippen molar-refractivity contribution in [2.45, 2.75) is 13.8 Å². The fourth-order valence-electron chi connectivity index (χ4n) is 7.09. The van der Waals surface area contributed by atoms with E-state index in [-0.39, 0.29) is 0 Å². The maximum atomic E-state index is 6.68. The predicted molar refractivity (Wildman–Crippen MR) is 184 cm³/mol. The van der Waals surface area contributed by atoms with E-state index in [2.05, 4.69) is 146 Å². The summed E-state index contributed by atoms with van der Waals surface area (Å²) in [4.78, 5) is 5.04. The molecule has 0 saturated carbocycles. The molecule has 0 aliphatic heterocycles. The molecule has 208 valence electrons. The summed E-state index contributed by atoms with van der Waals surface area (Å²) in [6.45, 7) is 4.44. The number of furan rings is 1. The topological polar surface area (TPSA) is 31.0 Å². The van der Waals surface area contributed by atoms with Crippen molar-refractivity contribution < 1.29 is 4.42 Å². The van der Waals surface area contributed by atoms with E-state index in [1.54, 1.807) is 0 Å². The van der Waals surface area contributed by atoms with Gasteiger partial charge in [0.25, 0.3) is 0 Å². The minimum absolute atomic E-state index is 0.868. The van der Waals surface area contributed by atoms with Crippen molar-refractivity contribution in [2.24, 2.45) is 0 Å². The lowest BCUT2D eigenvalue weighted by molar-refractivity contribution is 0.673. The number of aromatic nitrogens is 2.